The summed E-state index contributed by atoms with van der Waals surface area (Å²) in [5.41, 5.74) is 12.5. The fourth-order valence-electron chi connectivity index (χ4n) is 1.93. The van der Waals surface area contributed by atoms with Crippen molar-refractivity contribution in [2.24, 2.45) is 5.73 Å². The van der Waals surface area contributed by atoms with Crippen molar-refractivity contribution in [1.82, 2.24) is 4.90 Å². The van der Waals surface area contributed by atoms with Crippen molar-refractivity contribution >= 4 is 11.8 Å². The number of nitrogens with two attached hydrogens (primary N) is 2. The van der Waals surface area contributed by atoms with Crippen LogP contribution < -0.4 is 16.2 Å². The number of amides is 1. The van der Waals surface area contributed by atoms with Gasteiger partial charge >= 0.3 is 6.09 Å². The minimum Gasteiger partial charge on any atom is -0.495 e. The molecule has 1 amide bonds. The molecule has 0 radical (unpaired) electrons. The molecule has 0 aliphatic carbocycles. The van der Waals surface area contributed by atoms with Crippen molar-refractivity contribution in [3.8, 4) is 5.75 Å². The number of primary amides is 1. The second-order valence-corrected chi connectivity index (χ2v) is 4.52. The van der Waals surface area contributed by atoms with Crippen LogP contribution in [-0.2, 0) is 11.3 Å². The lowest BCUT2D eigenvalue weighted by atomic mass is 10.1. The zero-order chi connectivity index (χ0) is 14.4. The van der Waals surface area contributed by atoms with E-state index in [1.165, 1.54) is 0 Å². The fourth-order valence-corrected chi connectivity index (χ4v) is 1.93. The SMILES string of the molecule is COc1ccc(CN(C)CC(C)OC(N)=O)cc1N. The second kappa shape index (κ2) is 6.84. The van der Waals surface area contributed by atoms with Crippen LogP contribution in [0.4, 0.5) is 10.5 Å². The summed E-state index contributed by atoms with van der Waals surface area (Å²) in [6.45, 7) is 3.08. The third-order valence-electron chi connectivity index (χ3n) is 2.63. The summed E-state index contributed by atoms with van der Waals surface area (Å²) in [7, 11) is 3.52. The molecule has 0 aliphatic heterocycles. The Morgan fingerprint density at radius 2 is 2.16 bits per heavy atom. The van der Waals surface area contributed by atoms with Gasteiger partial charge in [-0.15, -0.1) is 0 Å². The molecule has 0 saturated heterocycles. The topological polar surface area (TPSA) is 90.8 Å². The number of hydrogen-bond donors (Lipinski definition) is 2. The van der Waals surface area contributed by atoms with Crippen LogP contribution in [0.15, 0.2) is 18.2 Å². The predicted molar refractivity (Wildman–Crippen MR) is 73.9 cm³/mol. The molecule has 0 spiro atoms. The van der Waals surface area contributed by atoms with Crippen molar-refractivity contribution in [2.45, 2.75) is 19.6 Å². The molecular weight excluding hydrogens is 246 g/mol. The highest BCUT2D eigenvalue weighted by atomic mass is 16.6. The molecule has 0 saturated carbocycles. The number of ether oxygens (including phenoxy) is 2. The third-order valence-corrected chi connectivity index (χ3v) is 2.63. The molecule has 4 N–H and O–H groups in total. The van der Waals surface area contributed by atoms with Crippen LogP contribution in [0.1, 0.15) is 12.5 Å². The number of rotatable bonds is 6. The van der Waals surface area contributed by atoms with Gasteiger partial charge in [-0.05, 0) is 31.7 Å². The first-order chi connectivity index (χ1) is 8.92. The average molecular weight is 267 g/mol. The van der Waals surface area contributed by atoms with Gasteiger partial charge in [0.15, 0.2) is 0 Å². The van der Waals surface area contributed by atoms with E-state index in [4.69, 9.17) is 20.9 Å². The van der Waals surface area contributed by atoms with Crippen molar-refractivity contribution in [1.29, 1.82) is 0 Å². The fraction of sp³-hybridized carbons (Fsp3) is 0.462. The van der Waals surface area contributed by atoms with Gasteiger partial charge in [0.1, 0.15) is 11.9 Å². The molecular formula is C13H21N3O3. The lowest BCUT2D eigenvalue weighted by molar-refractivity contribution is 0.0919. The van der Waals surface area contributed by atoms with E-state index in [0.717, 1.165) is 5.56 Å². The largest absolute Gasteiger partial charge is 0.495 e. The number of hydrogen-bond acceptors (Lipinski definition) is 5. The van der Waals surface area contributed by atoms with Crippen LogP contribution in [0.5, 0.6) is 5.75 Å². The van der Waals surface area contributed by atoms with E-state index in [1.54, 1.807) is 14.0 Å². The molecule has 1 unspecified atom stereocenters. The monoisotopic (exact) mass is 267 g/mol. The van der Waals surface area contributed by atoms with Gasteiger partial charge < -0.3 is 20.9 Å². The molecule has 0 heterocycles. The summed E-state index contributed by atoms with van der Waals surface area (Å²) >= 11 is 0. The van der Waals surface area contributed by atoms with Crippen LogP contribution in [0.3, 0.4) is 0 Å². The smallest absolute Gasteiger partial charge is 0.404 e. The number of nitrogen functional groups attached to an aromatic ring is 1. The molecule has 1 rings (SSSR count). The van der Waals surface area contributed by atoms with E-state index in [-0.39, 0.29) is 6.10 Å². The van der Waals surface area contributed by atoms with E-state index in [9.17, 15) is 4.79 Å². The first kappa shape index (κ1) is 15.1. The number of likely N-dealkylation sites (N-methyl/N-ethyl adjacent to an activating group) is 1. The normalized spacial score (nSPS) is 12.2. The summed E-state index contributed by atoms with van der Waals surface area (Å²) < 4.78 is 9.97. The van der Waals surface area contributed by atoms with Gasteiger partial charge in [0, 0.05) is 13.1 Å². The molecule has 0 bridgehead atoms. The number of anilines is 1. The summed E-state index contributed by atoms with van der Waals surface area (Å²) in [5.74, 6) is 0.664. The standard InChI is InChI=1S/C13H21N3O3/c1-9(19-13(15)17)7-16(2)8-10-4-5-12(18-3)11(14)6-10/h4-6,9H,7-8,14H2,1-3H3,(H2,15,17). The third kappa shape index (κ3) is 5.05. The zero-order valence-electron chi connectivity index (χ0n) is 11.6. The van der Waals surface area contributed by atoms with E-state index in [1.807, 2.05) is 30.1 Å². The molecule has 0 aromatic heterocycles. The zero-order valence-corrected chi connectivity index (χ0v) is 11.6. The first-order valence-corrected chi connectivity index (χ1v) is 5.99. The minimum absolute atomic E-state index is 0.252. The summed E-state index contributed by atoms with van der Waals surface area (Å²) in [5, 5.41) is 0. The number of carbonyl (C=O) groups excluding carboxylic acids is 1. The van der Waals surface area contributed by atoms with Gasteiger partial charge in [0.05, 0.1) is 12.8 Å². The summed E-state index contributed by atoms with van der Waals surface area (Å²) in [6, 6.07) is 5.65. The Morgan fingerprint density at radius 1 is 1.47 bits per heavy atom. The minimum atomic E-state index is -0.755. The molecule has 6 nitrogen and oxygen atoms in total. The molecule has 1 atom stereocenters. The maximum absolute atomic E-state index is 10.6. The van der Waals surface area contributed by atoms with Gasteiger partial charge in [-0.25, -0.2) is 4.79 Å². The highest BCUT2D eigenvalue weighted by molar-refractivity contribution is 5.64. The Balaban J connectivity index is 2.54. The quantitative estimate of drug-likeness (QED) is 0.756. The highest BCUT2D eigenvalue weighted by Crippen LogP contribution is 2.22. The Hall–Kier alpha value is -1.95. The van der Waals surface area contributed by atoms with E-state index in [2.05, 4.69) is 0 Å². The molecule has 19 heavy (non-hydrogen) atoms. The van der Waals surface area contributed by atoms with Gasteiger partial charge in [0.2, 0.25) is 0 Å². The Morgan fingerprint density at radius 3 is 2.68 bits per heavy atom. The van der Waals surface area contributed by atoms with Crippen LogP contribution in [-0.4, -0.2) is 37.8 Å². The maximum Gasteiger partial charge on any atom is 0.404 e. The predicted octanol–water partition coefficient (Wildman–Crippen LogP) is 1.19. The lowest BCUT2D eigenvalue weighted by Crippen LogP contribution is -2.32. The van der Waals surface area contributed by atoms with Gasteiger partial charge in [0.25, 0.3) is 0 Å². The van der Waals surface area contributed by atoms with Gasteiger partial charge in [-0.3, -0.25) is 4.90 Å². The van der Waals surface area contributed by atoms with Crippen molar-refractivity contribution < 1.29 is 14.3 Å². The molecule has 106 valence electrons. The van der Waals surface area contributed by atoms with Crippen LogP contribution in [0.2, 0.25) is 0 Å². The summed E-state index contributed by atoms with van der Waals surface area (Å²) in [4.78, 5) is 12.6. The highest BCUT2D eigenvalue weighted by Gasteiger charge is 2.10. The van der Waals surface area contributed by atoms with E-state index in [0.29, 0.717) is 24.5 Å². The Kier molecular flexibility index (Phi) is 5.44. The molecule has 0 fully saturated rings. The Labute approximate surface area is 113 Å². The van der Waals surface area contributed by atoms with Crippen molar-refractivity contribution in [2.75, 3.05) is 26.4 Å². The molecule has 1 aromatic carbocycles. The number of nitrogens with zero attached hydrogens (tertiary/aromatic N) is 1. The molecule has 0 aliphatic rings. The number of carbonyl (C=O) groups is 1. The van der Waals surface area contributed by atoms with Crippen molar-refractivity contribution in [3.05, 3.63) is 23.8 Å². The average Bonchev–Trinajstić information content (AvgIpc) is 2.27. The lowest BCUT2D eigenvalue weighted by Gasteiger charge is -2.21. The van der Waals surface area contributed by atoms with Gasteiger partial charge in [-0.2, -0.15) is 0 Å². The van der Waals surface area contributed by atoms with Crippen molar-refractivity contribution in [3.63, 3.8) is 0 Å². The van der Waals surface area contributed by atoms with E-state index >= 15 is 0 Å². The molecule has 1 aromatic rings. The van der Waals surface area contributed by atoms with Gasteiger partial charge in [-0.1, -0.05) is 6.07 Å². The number of benzene rings is 1. The Bertz CT molecular complexity index is 437. The first-order valence-electron chi connectivity index (χ1n) is 5.99. The van der Waals surface area contributed by atoms with Crippen LogP contribution >= 0.6 is 0 Å². The number of methoxy groups -OCH3 is 1. The van der Waals surface area contributed by atoms with Crippen LogP contribution in [0.25, 0.3) is 0 Å². The molecule has 6 heteroatoms. The maximum atomic E-state index is 10.6. The summed E-state index contributed by atoms with van der Waals surface area (Å²) in [6.07, 6.45) is -1.01. The second-order valence-electron chi connectivity index (χ2n) is 4.52. The van der Waals surface area contributed by atoms with E-state index < -0.39 is 6.09 Å². The van der Waals surface area contributed by atoms with Crippen LogP contribution in [0, 0.1) is 0 Å².